The van der Waals surface area contributed by atoms with Gasteiger partial charge in [-0.05, 0) is 59.9 Å². The van der Waals surface area contributed by atoms with Gasteiger partial charge in [-0.25, -0.2) is 4.39 Å². The molecule has 1 fully saturated rings. The average Bonchev–Trinajstić information content (AvgIpc) is 2.89. The van der Waals surface area contributed by atoms with Gasteiger partial charge in [0.2, 0.25) is 5.91 Å². The summed E-state index contributed by atoms with van der Waals surface area (Å²) in [5, 5.41) is 3.03. The molecule has 0 spiro atoms. The maximum absolute atomic E-state index is 13.4. The molecule has 2 aliphatic heterocycles. The highest BCUT2D eigenvalue weighted by Gasteiger charge is 2.42. The van der Waals surface area contributed by atoms with E-state index in [9.17, 15) is 22.4 Å². The number of rotatable bonds is 6. The molecule has 2 heterocycles. The molecular formula is C29H29F4N3O. The minimum atomic E-state index is -4.44. The van der Waals surface area contributed by atoms with Crippen molar-refractivity contribution in [2.24, 2.45) is 5.92 Å². The topological polar surface area (TPSA) is 35.6 Å². The number of nitrogens with one attached hydrogen (secondary N) is 1. The Balaban J connectivity index is 1.36. The number of carbonyl (C=O) groups is 1. The van der Waals surface area contributed by atoms with Gasteiger partial charge in [0.15, 0.2) is 0 Å². The third-order valence-electron chi connectivity index (χ3n) is 7.34. The number of carbonyl (C=O) groups excluding carboxylic acids is 1. The van der Waals surface area contributed by atoms with E-state index < -0.39 is 17.7 Å². The van der Waals surface area contributed by atoms with Gasteiger partial charge in [0.1, 0.15) is 5.82 Å². The van der Waals surface area contributed by atoms with Crippen molar-refractivity contribution in [1.29, 1.82) is 0 Å². The number of nitrogens with zero attached hydrogens (tertiary/aromatic N) is 2. The van der Waals surface area contributed by atoms with Crippen LogP contribution in [0.4, 0.5) is 23.2 Å². The van der Waals surface area contributed by atoms with Crippen LogP contribution in [0.1, 0.15) is 22.3 Å². The Kier molecular flexibility index (Phi) is 7.20. The van der Waals surface area contributed by atoms with Crippen LogP contribution in [-0.4, -0.2) is 43.0 Å². The predicted molar refractivity (Wildman–Crippen MR) is 135 cm³/mol. The fraction of sp³-hybridized carbons (Fsp3) is 0.345. The van der Waals surface area contributed by atoms with E-state index in [1.54, 1.807) is 18.2 Å². The molecule has 2 unspecified atom stereocenters. The first-order chi connectivity index (χ1) is 17.8. The lowest BCUT2D eigenvalue weighted by molar-refractivity contribution is -0.137. The third-order valence-corrected chi connectivity index (χ3v) is 7.34. The molecule has 1 N–H and O–H groups in total. The lowest BCUT2D eigenvalue weighted by Gasteiger charge is -2.49. The molecule has 194 valence electrons. The summed E-state index contributed by atoms with van der Waals surface area (Å²) in [6.07, 6.45) is -3.51. The van der Waals surface area contributed by atoms with Gasteiger partial charge < -0.3 is 10.2 Å². The fourth-order valence-electron chi connectivity index (χ4n) is 5.46. The molecule has 2 atom stereocenters. The molecule has 37 heavy (non-hydrogen) atoms. The summed E-state index contributed by atoms with van der Waals surface area (Å²) < 4.78 is 53.6. The summed E-state index contributed by atoms with van der Waals surface area (Å²) in [5.74, 6) is -0.914. The average molecular weight is 512 g/mol. The molecule has 0 aromatic heterocycles. The Hall–Kier alpha value is -3.39. The van der Waals surface area contributed by atoms with E-state index in [1.165, 1.54) is 18.2 Å². The molecule has 1 saturated heterocycles. The molecule has 3 aromatic carbocycles. The van der Waals surface area contributed by atoms with Crippen molar-refractivity contribution in [3.63, 3.8) is 0 Å². The van der Waals surface area contributed by atoms with Gasteiger partial charge in [-0.1, -0.05) is 42.5 Å². The second kappa shape index (κ2) is 10.5. The Morgan fingerprint density at radius 3 is 2.43 bits per heavy atom. The number of fused-ring (bicyclic) bond motifs is 3. The highest BCUT2D eigenvalue weighted by molar-refractivity contribution is 5.82. The second-order valence-electron chi connectivity index (χ2n) is 9.80. The van der Waals surface area contributed by atoms with Crippen LogP contribution in [0, 0.1) is 11.7 Å². The van der Waals surface area contributed by atoms with Crippen LogP contribution < -0.4 is 10.2 Å². The molecule has 0 bridgehead atoms. The van der Waals surface area contributed by atoms with E-state index in [-0.39, 0.29) is 24.2 Å². The molecule has 1 amide bonds. The summed E-state index contributed by atoms with van der Waals surface area (Å²) in [6, 6.07) is 19.9. The standard InChI is InChI=1S/C29H29F4N3O/c30-24-9-6-21(7-10-24)18-35-14-15-36-26-11-8-23(29(31,32)33)16-22(26)17-25(27(36)19-35)28(37)34-13-12-20-4-2-1-3-5-20/h1-11,16,25,27H,12-15,17-19H2,(H,34,37). The number of halogens is 4. The zero-order valence-electron chi connectivity index (χ0n) is 20.3. The molecular weight excluding hydrogens is 482 g/mol. The van der Waals surface area contributed by atoms with Gasteiger partial charge in [0, 0.05) is 38.4 Å². The quantitative estimate of drug-likeness (QED) is 0.470. The molecule has 8 heteroatoms. The zero-order valence-corrected chi connectivity index (χ0v) is 20.3. The first-order valence-corrected chi connectivity index (χ1v) is 12.5. The van der Waals surface area contributed by atoms with Gasteiger partial charge in [0.25, 0.3) is 0 Å². The van der Waals surface area contributed by atoms with Crippen LogP contribution in [-0.2, 0) is 30.4 Å². The third kappa shape index (κ3) is 5.80. The van der Waals surface area contributed by atoms with E-state index in [4.69, 9.17) is 0 Å². The van der Waals surface area contributed by atoms with Crippen LogP contribution in [0.2, 0.25) is 0 Å². The van der Waals surface area contributed by atoms with Crippen LogP contribution in [0.5, 0.6) is 0 Å². The van der Waals surface area contributed by atoms with Crippen molar-refractivity contribution in [1.82, 2.24) is 10.2 Å². The summed E-state index contributed by atoms with van der Waals surface area (Å²) in [5.41, 5.74) is 2.72. The highest BCUT2D eigenvalue weighted by atomic mass is 19.4. The SMILES string of the molecule is O=C(NCCc1ccccc1)C1Cc2cc(C(F)(F)F)ccc2N2CCN(Cc3ccc(F)cc3)CC12. The van der Waals surface area contributed by atoms with Crippen LogP contribution in [0.25, 0.3) is 0 Å². The van der Waals surface area contributed by atoms with Crippen LogP contribution in [0.15, 0.2) is 72.8 Å². The minimum Gasteiger partial charge on any atom is -0.365 e. The number of benzene rings is 3. The smallest absolute Gasteiger partial charge is 0.365 e. The number of anilines is 1. The zero-order chi connectivity index (χ0) is 26.0. The Bertz CT molecular complexity index is 1230. The van der Waals surface area contributed by atoms with Crippen molar-refractivity contribution >= 4 is 11.6 Å². The van der Waals surface area contributed by atoms with Crippen molar-refractivity contribution in [2.75, 3.05) is 31.1 Å². The van der Waals surface area contributed by atoms with Gasteiger partial charge >= 0.3 is 6.18 Å². The number of amides is 1. The lowest BCUT2D eigenvalue weighted by Crippen LogP contribution is -2.61. The Labute approximate surface area is 213 Å². The van der Waals surface area contributed by atoms with E-state index in [2.05, 4.69) is 15.1 Å². The van der Waals surface area contributed by atoms with E-state index in [0.717, 1.165) is 22.9 Å². The molecule has 0 radical (unpaired) electrons. The number of hydrogen-bond acceptors (Lipinski definition) is 3. The molecule has 4 nitrogen and oxygen atoms in total. The number of alkyl halides is 3. The first kappa shape index (κ1) is 25.3. The maximum atomic E-state index is 13.4. The highest BCUT2D eigenvalue weighted by Crippen LogP contribution is 2.40. The summed E-state index contributed by atoms with van der Waals surface area (Å²) in [6.45, 7) is 2.96. The van der Waals surface area contributed by atoms with E-state index in [1.807, 2.05) is 30.3 Å². The Morgan fingerprint density at radius 2 is 1.70 bits per heavy atom. The summed E-state index contributed by atoms with van der Waals surface area (Å²) in [7, 11) is 0. The minimum absolute atomic E-state index is 0.141. The molecule has 3 aromatic rings. The molecule has 0 aliphatic carbocycles. The van der Waals surface area contributed by atoms with Gasteiger partial charge in [0.05, 0.1) is 17.5 Å². The lowest BCUT2D eigenvalue weighted by atomic mass is 9.82. The van der Waals surface area contributed by atoms with E-state index in [0.29, 0.717) is 44.7 Å². The molecule has 2 aliphatic rings. The normalized spacial score (nSPS) is 19.7. The van der Waals surface area contributed by atoms with Gasteiger partial charge in [-0.15, -0.1) is 0 Å². The maximum Gasteiger partial charge on any atom is 0.416 e. The largest absolute Gasteiger partial charge is 0.416 e. The van der Waals surface area contributed by atoms with Crippen molar-refractivity contribution < 1.29 is 22.4 Å². The molecule has 0 saturated carbocycles. The Morgan fingerprint density at radius 1 is 0.946 bits per heavy atom. The van der Waals surface area contributed by atoms with E-state index >= 15 is 0 Å². The van der Waals surface area contributed by atoms with Crippen LogP contribution >= 0.6 is 0 Å². The fourth-order valence-corrected chi connectivity index (χ4v) is 5.46. The summed E-state index contributed by atoms with van der Waals surface area (Å²) >= 11 is 0. The van der Waals surface area contributed by atoms with Crippen molar-refractivity contribution in [2.45, 2.75) is 31.6 Å². The van der Waals surface area contributed by atoms with Crippen LogP contribution in [0.3, 0.4) is 0 Å². The predicted octanol–water partition coefficient (Wildman–Crippen LogP) is 5.07. The van der Waals surface area contributed by atoms with Gasteiger partial charge in [-0.2, -0.15) is 13.2 Å². The molecule has 5 rings (SSSR count). The summed E-state index contributed by atoms with van der Waals surface area (Å²) in [4.78, 5) is 17.7. The monoisotopic (exact) mass is 511 g/mol. The first-order valence-electron chi connectivity index (χ1n) is 12.5. The second-order valence-corrected chi connectivity index (χ2v) is 9.80. The number of piperazine rings is 1. The van der Waals surface area contributed by atoms with Crippen molar-refractivity contribution in [3.8, 4) is 0 Å². The number of hydrogen-bond donors (Lipinski definition) is 1. The van der Waals surface area contributed by atoms with Gasteiger partial charge in [-0.3, -0.25) is 9.69 Å². The van der Waals surface area contributed by atoms with Crippen molar-refractivity contribution in [3.05, 3.63) is 101 Å².